The number of benzene rings is 2. The van der Waals surface area contributed by atoms with Gasteiger partial charge in [-0.2, -0.15) is 0 Å². The molecule has 4 N–H and O–H groups in total. The van der Waals surface area contributed by atoms with E-state index >= 15 is 0 Å². The molecule has 2 atom stereocenters. The van der Waals surface area contributed by atoms with Crippen LogP contribution >= 0.6 is 0 Å². The van der Waals surface area contributed by atoms with Crippen LogP contribution in [0.3, 0.4) is 0 Å². The van der Waals surface area contributed by atoms with Crippen LogP contribution in [-0.4, -0.2) is 63.4 Å². The molecule has 4 rings (SSSR count). The molecule has 1 amide bonds. The molecular formula is C26H29N5O4. The van der Waals surface area contributed by atoms with E-state index in [1.54, 1.807) is 11.2 Å². The predicted octanol–water partition coefficient (Wildman–Crippen LogP) is 2.01. The number of carbonyl (C=O) groups excluding carboxylic acids is 2. The number of carboxylic acids is 1. The number of nitrogens with one attached hydrogen (secondary N) is 1. The maximum atomic E-state index is 13.2. The van der Waals surface area contributed by atoms with E-state index in [-0.39, 0.29) is 12.5 Å². The van der Waals surface area contributed by atoms with Crippen molar-refractivity contribution in [1.82, 2.24) is 20.3 Å². The predicted molar refractivity (Wildman–Crippen MR) is 132 cm³/mol. The maximum absolute atomic E-state index is 13.2. The number of aldehydes is 1. The van der Waals surface area contributed by atoms with Gasteiger partial charge >= 0.3 is 5.97 Å². The molecule has 1 aliphatic heterocycles. The Morgan fingerprint density at radius 1 is 1.20 bits per heavy atom. The van der Waals surface area contributed by atoms with E-state index in [1.165, 1.54) is 5.01 Å². The highest BCUT2D eigenvalue weighted by Gasteiger charge is 2.38. The third-order valence-electron chi connectivity index (χ3n) is 6.31. The molecule has 182 valence electrons. The monoisotopic (exact) mass is 475 g/mol. The highest BCUT2D eigenvalue weighted by Crippen LogP contribution is 2.24. The van der Waals surface area contributed by atoms with Crippen molar-refractivity contribution in [3.05, 3.63) is 71.9 Å². The molecule has 9 nitrogen and oxygen atoms in total. The van der Waals surface area contributed by atoms with Gasteiger partial charge in [0, 0.05) is 24.7 Å². The molecule has 0 radical (unpaired) electrons. The van der Waals surface area contributed by atoms with E-state index in [4.69, 9.17) is 5.73 Å². The van der Waals surface area contributed by atoms with Crippen LogP contribution in [0, 0.1) is 0 Å². The fraction of sp³-hybridized carbons (Fsp3) is 0.308. The summed E-state index contributed by atoms with van der Waals surface area (Å²) in [5.74, 6) is -0.833. The van der Waals surface area contributed by atoms with Gasteiger partial charge in [0.15, 0.2) is 0 Å². The first-order chi connectivity index (χ1) is 17.0. The number of hydrogen-bond donors (Lipinski definition) is 3. The van der Waals surface area contributed by atoms with Gasteiger partial charge in [-0.05, 0) is 47.9 Å². The van der Waals surface area contributed by atoms with Crippen LogP contribution < -0.4 is 11.1 Å². The molecule has 1 saturated heterocycles. The number of aromatic nitrogens is 1. The fourth-order valence-corrected chi connectivity index (χ4v) is 4.60. The SMILES string of the molecule is Nc1nccc2ccc(CNC(=O)[C@@H]3CCCN3N(CC(=O)O)[C@@H](C=O)Cc3ccccc3)cc12. The van der Waals surface area contributed by atoms with Crippen molar-refractivity contribution in [3.8, 4) is 0 Å². The van der Waals surface area contributed by atoms with Crippen LogP contribution in [0.5, 0.6) is 0 Å². The van der Waals surface area contributed by atoms with Crippen LogP contribution in [0.15, 0.2) is 60.8 Å². The van der Waals surface area contributed by atoms with Crippen LogP contribution in [0.4, 0.5) is 5.82 Å². The highest BCUT2D eigenvalue weighted by molar-refractivity contribution is 5.91. The van der Waals surface area contributed by atoms with Crippen molar-refractivity contribution in [2.24, 2.45) is 0 Å². The lowest BCUT2D eigenvalue weighted by atomic mass is 10.1. The maximum Gasteiger partial charge on any atom is 0.319 e. The van der Waals surface area contributed by atoms with Crippen molar-refractivity contribution in [1.29, 1.82) is 0 Å². The molecule has 2 heterocycles. The molecular weight excluding hydrogens is 446 g/mol. The summed E-state index contributed by atoms with van der Waals surface area (Å²) in [6.45, 7) is 0.438. The summed E-state index contributed by atoms with van der Waals surface area (Å²) in [4.78, 5) is 41.0. The molecule has 0 spiro atoms. The van der Waals surface area contributed by atoms with Crippen LogP contribution in [0.1, 0.15) is 24.0 Å². The first-order valence-electron chi connectivity index (χ1n) is 11.6. The molecule has 1 aliphatic rings. The van der Waals surface area contributed by atoms with Gasteiger partial charge in [-0.25, -0.2) is 15.0 Å². The molecule has 1 aromatic heterocycles. The van der Waals surface area contributed by atoms with E-state index in [0.717, 1.165) is 34.6 Å². The third-order valence-corrected chi connectivity index (χ3v) is 6.31. The Hall–Kier alpha value is -3.82. The average Bonchev–Trinajstić information content (AvgIpc) is 3.35. The lowest BCUT2D eigenvalue weighted by molar-refractivity contribution is -0.154. The number of amides is 1. The number of nitrogens with two attached hydrogens (primary N) is 1. The number of nitrogens with zero attached hydrogens (tertiary/aromatic N) is 3. The number of nitrogen functional groups attached to an aromatic ring is 1. The van der Waals surface area contributed by atoms with Crippen molar-refractivity contribution < 1.29 is 19.5 Å². The quantitative estimate of drug-likeness (QED) is 0.380. The summed E-state index contributed by atoms with van der Waals surface area (Å²) < 4.78 is 0. The van der Waals surface area contributed by atoms with E-state index in [0.29, 0.717) is 31.7 Å². The Labute approximate surface area is 203 Å². The number of hydrazine groups is 1. The number of fused-ring (bicyclic) bond motifs is 1. The van der Waals surface area contributed by atoms with E-state index in [1.807, 2.05) is 54.6 Å². The number of pyridine rings is 1. The molecule has 0 saturated carbocycles. The lowest BCUT2D eigenvalue weighted by Gasteiger charge is -2.38. The normalized spacial score (nSPS) is 16.9. The summed E-state index contributed by atoms with van der Waals surface area (Å²) in [6.07, 6.45) is 4.07. The molecule has 9 heteroatoms. The van der Waals surface area contributed by atoms with Crippen LogP contribution in [-0.2, 0) is 27.3 Å². The van der Waals surface area contributed by atoms with Crippen LogP contribution in [0.25, 0.3) is 10.8 Å². The smallest absolute Gasteiger partial charge is 0.319 e. The van der Waals surface area contributed by atoms with Gasteiger partial charge in [0.2, 0.25) is 5.91 Å². The van der Waals surface area contributed by atoms with Gasteiger partial charge in [0.1, 0.15) is 24.7 Å². The highest BCUT2D eigenvalue weighted by atomic mass is 16.4. The number of aliphatic carboxylic acids is 1. The Balaban J connectivity index is 1.48. The second-order valence-corrected chi connectivity index (χ2v) is 8.68. The Kier molecular flexibility index (Phi) is 7.69. The first-order valence-corrected chi connectivity index (χ1v) is 11.6. The Bertz CT molecular complexity index is 1200. The van der Waals surface area contributed by atoms with E-state index < -0.39 is 18.1 Å². The largest absolute Gasteiger partial charge is 0.480 e. The second-order valence-electron chi connectivity index (χ2n) is 8.68. The zero-order chi connectivity index (χ0) is 24.8. The third kappa shape index (κ3) is 5.82. The molecule has 3 aromatic rings. The Morgan fingerprint density at radius 3 is 2.74 bits per heavy atom. The second kappa shape index (κ2) is 11.1. The minimum absolute atomic E-state index is 0.207. The van der Waals surface area contributed by atoms with Gasteiger partial charge in [-0.1, -0.05) is 42.5 Å². The number of anilines is 1. The number of rotatable bonds is 10. The summed E-state index contributed by atoms with van der Waals surface area (Å²) in [5, 5.41) is 17.6. The molecule has 1 fully saturated rings. The van der Waals surface area contributed by atoms with Crippen molar-refractivity contribution >= 4 is 34.8 Å². The zero-order valence-corrected chi connectivity index (χ0v) is 19.3. The van der Waals surface area contributed by atoms with Gasteiger partial charge in [-0.15, -0.1) is 0 Å². The zero-order valence-electron chi connectivity index (χ0n) is 19.3. The molecule has 2 aromatic carbocycles. The standard InChI is InChI=1S/C26H29N5O4/c27-25-22-14-19(8-9-20(22)10-11-28-25)15-29-26(35)23-7-4-12-30(23)31(16-24(33)34)21(17-32)13-18-5-2-1-3-6-18/h1-3,5-6,8-11,14,17,21,23H,4,7,12-13,15-16H2,(H2,27,28)(H,29,35)(H,33,34)/t21-,23+/m1/s1. The summed E-state index contributed by atoms with van der Waals surface area (Å²) in [7, 11) is 0. The van der Waals surface area contributed by atoms with E-state index in [2.05, 4.69) is 10.3 Å². The van der Waals surface area contributed by atoms with Gasteiger partial charge in [-0.3, -0.25) is 9.59 Å². The van der Waals surface area contributed by atoms with Gasteiger partial charge in [0.25, 0.3) is 0 Å². The number of carbonyl (C=O) groups is 3. The number of carboxylic acid groups (broad SMARTS) is 1. The first kappa shape index (κ1) is 24.3. The van der Waals surface area contributed by atoms with Crippen molar-refractivity contribution in [2.45, 2.75) is 37.9 Å². The van der Waals surface area contributed by atoms with Gasteiger partial charge in [0.05, 0.1) is 6.04 Å². The van der Waals surface area contributed by atoms with Gasteiger partial charge < -0.3 is 21.0 Å². The summed E-state index contributed by atoms with van der Waals surface area (Å²) in [5.41, 5.74) is 7.78. The lowest BCUT2D eigenvalue weighted by Crippen LogP contribution is -2.57. The minimum atomic E-state index is -1.06. The summed E-state index contributed by atoms with van der Waals surface area (Å²) >= 11 is 0. The van der Waals surface area contributed by atoms with E-state index in [9.17, 15) is 19.5 Å². The van der Waals surface area contributed by atoms with Crippen LogP contribution in [0.2, 0.25) is 0 Å². The minimum Gasteiger partial charge on any atom is -0.480 e. The van der Waals surface area contributed by atoms with Crippen molar-refractivity contribution in [3.63, 3.8) is 0 Å². The molecule has 0 bridgehead atoms. The molecule has 0 unspecified atom stereocenters. The topological polar surface area (TPSA) is 129 Å². The number of hydrogen-bond acceptors (Lipinski definition) is 7. The molecule has 35 heavy (non-hydrogen) atoms. The molecule has 0 aliphatic carbocycles. The average molecular weight is 476 g/mol. The van der Waals surface area contributed by atoms with Crippen molar-refractivity contribution in [2.75, 3.05) is 18.8 Å². The summed E-state index contributed by atoms with van der Waals surface area (Å²) in [6, 6.07) is 15.8. The fourth-order valence-electron chi connectivity index (χ4n) is 4.60. The Morgan fingerprint density at radius 2 is 2.00 bits per heavy atom.